The van der Waals surface area contributed by atoms with Gasteiger partial charge in [-0.1, -0.05) is 26.0 Å². The Morgan fingerprint density at radius 2 is 1.74 bits per heavy atom. The van der Waals surface area contributed by atoms with E-state index in [9.17, 15) is 9.59 Å². The standard InChI is InChI=1S/C14H20N2O3/c1-9(2)11-4-6-12(7-5-11)16-13(17)8-15-10(3)14(18)19/h4-7,9-10,15H,8H2,1-3H3,(H,16,17)(H,18,19)/t10-/m1/s1. The third-order valence-electron chi connectivity index (χ3n) is 2.80. The Morgan fingerprint density at radius 3 is 2.21 bits per heavy atom. The van der Waals surface area contributed by atoms with Crippen molar-refractivity contribution in [3.8, 4) is 0 Å². The van der Waals surface area contributed by atoms with Crippen LogP contribution in [-0.2, 0) is 9.59 Å². The van der Waals surface area contributed by atoms with Crippen LogP contribution in [0.4, 0.5) is 5.69 Å². The number of hydrogen-bond acceptors (Lipinski definition) is 3. The number of carboxylic acid groups (broad SMARTS) is 1. The minimum atomic E-state index is -0.978. The Morgan fingerprint density at radius 1 is 1.16 bits per heavy atom. The van der Waals surface area contributed by atoms with Gasteiger partial charge in [-0.3, -0.25) is 14.9 Å². The lowest BCUT2D eigenvalue weighted by Crippen LogP contribution is -2.39. The molecule has 1 aromatic carbocycles. The molecule has 0 aliphatic heterocycles. The maximum Gasteiger partial charge on any atom is 0.320 e. The van der Waals surface area contributed by atoms with Crippen LogP contribution in [0.15, 0.2) is 24.3 Å². The summed E-state index contributed by atoms with van der Waals surface area (Å²) >= 11 is 0. The summed E-state index contributed by atoms with van der Waals surface area (Å²) in [7, 11) is 0. The zero-order chi connectivity index (χ0) is 14.4. The van der Waals surface area contributed by atoms with Gasteiger partial charge in [-0.05, 0) is 30.5 Å². The van der Waals surface area contributed by atoms with Crippen molar-refractivity contribution in [2.75, 3.05) is 11.9 Å². The fourth-order valence-corrected chi connectivity index (χ4v) is 1.49. The van der Waals surface area contributed by atoms with E-state index in [1.54, 1.807) is 0 Å². The lowest BCUT2D eigenvalue weighted by molar-refractivity contribution is -0.139. The minimum absolute atomic E-state index is 0.0284. The number of carbonyl (C=O) groups is 2. The number of anilines is 1. The van der Waals surface area contributed by atoms with Crippen molar-refractivity contribution in [2.24, 2.45) is 0 Å². The number of amides is 1. The summed E-state index contributed by atoms with van der Waals surface area (Å²) in [6.07, 6.45) is 0. The number of carbonyl (C=O) groups excluding carboxylic acids is 1. The Labute approximate surface area is 113 Å². The number of hydrogen-bond donors (Lipinski definition) is 3. The van der Waals surface area contributed by atoms with E-state index in [4.69, 9.17) is 5.11 Å². The van der Waals surface area contributed by atoms with Gasteiger partial charge in [-0.25, -0.2) is 0 Å². The van der Waals surface area contributed by atoms with Gasteiger partial charge in [0, 0.05) is 5.69 Å². The van der Waals surface area contributed by atoms with Gasteiger partial charge in [0.1, 0.15) is 6.04 Å². The predicted molar refractivity (Wildman–Crippen MR) is 74.3 cm³/mol. The normalized spacial score (nSPS) is 12.2. The number of carboxylic acids is 1. The second kappa shape index (κ2) is 6.89. The molecule has 5 nitrogen and oxygen atoms in total. The molecule has 104 valence electrons. The molecule has 1 aromatic rings. The first-order valence-electron chi connectivity index (χ1n) is 6.26. The molecule has 0 heterocycles. The monoisotopic (exact) mass is 264 g/mol. The van der Waals surface area contributed by atoms with Crippen LogP contribution in [0.3, 0.4) is 0 Å². The maximum atomic E-state index is 11.6. The highest BCUT2D eigenvalue weighted by Gasteiger charge is 2.11. The quantitative estimate of drug-likeness (QED) is 0.732. The van der Waals surface area contributed by atoms with E-state index < -0.39 is 12.0 Å². The van der Waals surface area contributed by atoms with Gasteiger partial charge in [0.25, 0.3) is 0 Å². The van der Waals surface area contributed by atoms with Crippen LogP contribution in [0.5, 0.6) is 0 Å². The van der Waals surface area contributed by atoms with E-state index in [-0.39, 0.29) is 12.5 Å². The van der Waals surface area contributed by atoms with Gasteiger partial charge < -0.3 is 10.4 Å². The molecule has 5 heteroatoms. The van der Waals surface area contributed by atoms with E-state index >= 15 is 0 Å². The van der Waals surface area contributed by atoms with Gasteiger partial charge >= 0.3 is 5.97 Å². The maximum absolute atomic E-state index is 11.6. The summed E-state index contributed by atoms with van der Waals surface area (Å²) in [4.78, 5) is 22.2. The van der Waals surface area contributed by atoms with Gasteiger partial charge in [0.2, 0.25) is 5.91 Å². The smallest absolute Gasteiger partial charge is 0.320 e. The van der Waals surface area contributed by atoms with Gasteiger partial charge in [-0.2, -0.15) is 0 Å². The topological polar surface area (TPSA) is 78.4 Å². The molecule has 1 rings (SSSR count). The lowest BCUT2D eigenvalue weighted by Gasteiger charge is -2.10. The third kappa shape index (κ3) is 5.09. The average Bonchev–Trinajstić information content (AvgIpc) is 2.36. The van der Waals surface area contributed by atoms with Crippen molar-refractivity contribution >= 4 is 17.6 Å². The summed E-state index contributed by atoms with van der Waals surface area (Å²) < 4.78 is 0. The van der Waals surface area contributed by atoms with Crippen LogP contribution >= 0.6 is 0 Å². The molecule has 0 fully saturated rings. The number of nitrogens with one attached hydrogen (secondary N) is 2. The van der Waals surface area contributed by atoms with E-state index in [1.807, 2.05) is 24.3 Å². The summed E-state index contributed by atoms with van der Waals surface area (Å²) in [6.45, 7) is 5.67. The molecule has 0 unspecified atom stereocenters. The van der Waals surface area contributed by atoms with E-state index in [1.165, 1.54) is 12.5 Å². The van der Waals surface area contributed by atoms with E-state index in [0.29, 0.717) is 11.6 Å². The second-order valence-electron chi connectivity index (χ2n) is 4.77. The van der Waals surface area contributed by atoms with Crippen LogP contribution in [0.2, 0.25) is 0 Å². The first-order chi connectivity index (χ1) is 8.90. The van der Waals surface area contributed by atoms with Crippen molar-refractivity contribution in [1.82, 2.24) is 5.32 Å². The molecule has 1 atom stereocenters. The molecule has 0 aliphatic rings. The van der Waals surface area contributed by atoms with Crippen molar-refractivity contribution in [2.45, 2.75) is 32.7 Å². The molecule has 0 aromatic heterocycles. The molecule has 0 radical (unpaired) electrons. The zero-order valence-corrected chi connectivity index (χ0v) is 11.4. The fraction of sp³-hybridized carbons (Fsp3) is 0.429. The highest BCUT2D eigenvalue weighted by atomic mass is 16.4. The van der Waals surface area contributed by atoms with Crippen LogP contribution in [-0.4, -0.2) is 29.6 Å². The highest BCUT2D eigenvalue weighted by molar-refractivity contribution is 5.92. The van der Waals surface area contributed by atoms with Crippen LogP contribution < -0.4 is 10.6 Å². The van der Waals surface area contributed by atoms with Crippen molar-refractivity contribution in [1.29, 1.82) is 0 Å². The molecule has 3 N–H and O–H groups in total. The SMILES string of the molecule is CC(C)c1ccc(NC(=O)CN[C@H](C)C(=O)O)cc1. The number of aliphatic carboxylic acids is 1. The second-order valence-corrected chi connectivity index (χ2v) is 4.77. The van der Waals surface area contributed by atoms with Crippen LogP contribution in [0.25, 0.3) is 0 Å². The summed E-state index contributed by atoms with van der Waals surface area (Å²) in [6, 6.07) is 6.87. The third-order valence-corrected chi connectivity index (χ3v) is 2.80. The molecule has 0 bridgehead atoms. The first-order valence-corrected chi connectivity index (χ1v) is 6.26. The highest BCUT2D eigenvalue weighted by Crippen LogP contribution is 2.16. The molecule has 19 heavy (non-hydrogen) atoms. The Balaban J connectivity index is 2.46. The minimum Gasteiger partial charge on any atom is -0.480 e. The number of rotatable bonds is 6. The van der Waals surface area contributed by atoms with Gasteiger partial charge in [0.15, 0.2) is 0 Å². The van der Waals surface area contributed by atoms with Gasteiger partial charge in [-0.15, -0.1) is 0 Å². The molecule has 1 amide bonds. The first kappa shape index (κ1) is 15.2. The zero-order valence-electron chi connectivity index (χ0n) is 11.4. The summed E-state index contributed by atoms with van der Waals surface area (Å²) in [5, 5.41) is 14.0. The summed E-state index contributed by atoms with van der Waals surface area (Å²) in [5.74, 6) is -0.790. The largest absolute Gasteiger partial charge is 0.480 e. The van der Waals surface area contributed by atoms with Crippen molar-refractivity contribution in [3.63, 3.8) is 0 Å². The Kier molecular flexibility index (Phi) is 5.51. The van der Waals surface area contributed by atoms with Crippen LogP contribution in [0.1, 0.15) is 32.3 Å². The molecular formula is C14H20N2O3. The Hall–Kier alpha value is -1.88. The molecule has 0 saturated heterocycles. The van der Waals surface area contributed by atoms with Crippen molar-refractivity contribution < 1.29 is 14.7 Å². The van der Waals surface area contributed by atoms with Crippen LogP contribution in [0, 0.1) is 0 Å². The van der Waals surface area contributed by atoms with Crippen molar-refractivity contribution in [3.05, 3.63) is 29.8 Å². The predicted octanol–water partition coefficient (Wildman–Crippen LogP) is 1.81. The average molecular weight is 264 g/mol. The molecule has 0 aliphatic carbocycles. The van der Waals surface area contributed by atoms with Gasteiger partial charge in [0.05, 0.1) is 6.54 Å². The fourth-order valence-electron chi connectivity index (χ4n) is 1.49. The lowest BCUT2D eigenvalue weighted by atomic mass is 10.0. The van der Waals surface area contributed by atoms with E-state index in [0.717, 1.165) is 0 Å². The number of benzene rings is 1. The Bertz CT molecular complexity index is 441. The summed E-state index contributed by atoms with van der Waals surface area (Å²) in [5.41, 5.74) is 1.91. The molecule has 0 spiro atoms. The van der Waals surface area contributed by atoms with E-state index in [2.05, 4.69) is 24.5 Å². The molecular weight excluding hydrogens is 244 g/mol. The molecule has 0 saturated carbocycles.